The molecule has 1 atom stereocenters. The van der Waals surface area contributed by atoms with Gasteiger partial charge in [-0.05, 0) is 25.5 Å². The molecule has 5 nitrogen and oxygen atoms in total. The molecule has 0 saturated heterocycles. The van der Waals surface area contributed by atoms with E-state index in [0.29, 0.717) is 12.1 Å². The summed E-state index contributed by atoms with van der Waals surface area (Å²) in [6, 6.07) is 2.68. The van der Waals surface area contributed by atoms with Gasteiger partial charge in [-0.3, -0.25) is 15.1 Å². The average Bonchev–Trinajstić information content (AvgIpc) is 2.28. The minimum atomic E-state index is -0.876. The van der Waals surface area contributed by atoms with Crippen molar-refractivity contribution in [2.45, 2.75) is 39.3 Å². The van der Waals surface area contributed by atoms with Gasteiger partial charge in [0.05, 0.1) is 5.69 Å². The van der Waals surface area contributed by atoms with Gasteiger partial charge in [-0.25, -0.2) is 0 Å². The largest absolute Gasteiger partial charge is 0.506 e. The standard InChI is InChI=1S/C12H18N2O3/c1-3-4-9(12(16)17)13-7-10-11(15)6-5-8(2)14-10/h5-6,9,13,15H,3-4,7H2,1-2H3,(H,16,17). The van der Waals surface area contributed by atoms with Crippen LogP contribution in [0.3, 0.4) is 0 Å². The van der Waals surface area contributed by atoms with E-state index in [1.165, 1.54) is 0 Å². The number of pyridine rings is 1. The van der Waals surface area contributed by atoms with Crippen molar-refractivity contribution in [2.24, 2.45) is 0 Å². The minimum absolute atomic E-state index is 0.0868. The van der Waals surface area contributed by atoms with E-state index in [9.17, 15) is 9.90 Å². The number of aromatic hydroxyl groups is 1. The van der Waals surface area contributed by atoms with Crippen LogP contribution in [-0.4, -0.2) is 27.2 Å². The molecule has 0 aliphatic rings. The zero-order valence-corrected chi connectivity index (χ0v) is 10.1. The Morgan fingerprint density at radius 1 is 1.53 bits per heavy atom. The number of aryl methyl sites for hydroxylation is 1. The Morgan fingerprint density at radius 2 is 2.24 bits per heavy atom. The van der Waals surface area contributed by atoms with Gasteiger partial charge >= 0.3 is 5.97 Å². The van der Waals surface area contributed by atoms with Gasteiger partial charge < -0.3 is 10.2 Å². The Hall–Kier alpha value is -1.62. The molecule has 0 aromatic carbocycles. The molecule has 94 valence electrons. The second kappa shape index (κ2) is 6.20. The molecule has 0 bridgehead atoms. The Bertz CT molecular complexity index is 393. The Balaban J connectivity index is 2.64. The zero-order chi connectivity index (χ0) is 12.8. The monoisotopic (exact) mass is 238 g/mol. The smallest absolute Gasteiger partial charge is 0.320 e. The quantitative estimate of drug-likeness (QED) is 0.698. The fourth-order valence-electron chi connectivity index (χ4n) is 1.55. The molecule has 17 heavy (non-hydrogen) atoms. The van der Waals surface area contributed by atoms with Crippen LogP contribution >= 0.6 is 0 Å². The number of aliphatic carboxylic acids is 1. The summed E-state index contributed by atoms with van der Waals surface area (Å²) in [5, 5.41) is 21.4. The first kappa shape index (κ1) is 13.4. The van der Waals surface area contributed by atoms with Crippen LogP contribution in [0.1, 0.15) is 31.2 Å². The maximum Gasteiger partial charge on any atom is 0.320 e. The van der Waals surface area contributed by atoms with Crippen LogP contribution in [0, 0.1) is 6.92 Å². The van der Waals surface area contributed by atoms with E-state index in [1.807, 2.05) is 13.8 Å². The van der Waals surface area contributed by atoms with Gasteiger partial charge in [0.1, 0.15) is 11.8 Å². The van der Waals surface area contributed by atoms with Crippen molar-refractivity contribution in [3.63, 3.8) is 0 Å². The van der Waals surface area contributed by atoms with Gasteiger partial charge in [0.25, 0.3) is 0 Å². The van der Waals surface area contributed by atoms with E-state index in [4.69, 9.17) is 5.11 Å². The SMILES string of the molecule is CCCC(NCc1nc(C)ccc1O)C(=O)O. The molecule has 0 radical (unpaired) electrons. The zero-order valence-electron chi connectivity index (χ0n) is 10.1. The third-order valence-corrected chi connectivity index (χ3v) is 2.48. The van der Waals surface area contributed by atoms with Gasteiger partial charge in [0.2, 0.25) is 0 Å². The molecule has 1 aromatic rings. The highest BCUT2D eigenvalue weighted by Gasteiger charge is 2.16. The molecule has 0 spiro atoms. The normalized spacial score (nSPS) is 12.4. The number of nitrogens with zero attached hydrogens (tertiary/aromatic N) is 1. The third-order valence-electron chi connectivity index (χ3n) is 2.48. The summed E-state index contributed by atoms with van der Waals surface area (Å²) >= 11 is 0. The van der Waals surface area contributed by atoms with Crippen molar-refractivity contribution in [3.05, 3.63) is 23.5 Å². The topological polar surface area (TPSA) is 82.5 Å². The van der Waals surface area contributed by atoms with Crippen molar-refractivity contribution >= 4 is 5.97 Å². The maximum atomic E-state index is 10.9. The number of carboxylic acid groups (broad SMARTS) is 1. The lowest BCUT2D eigenvalue weighted by Gasteiger charge is -2.13. The molecule has 1 aromatic heterocycles. The maximum absolute atomic E-state index is 10.9. The predicted octanol–water partition coefficient (Wildman–Crippen LogP) is 1.44. The van der Waals surface area contributed by atoms with Crippen LogP contribution in [0.5, 0.6) is 5.75 Å². The summed E-state index contributed by atoms with van der Waals surface area (Å²) in [7, 11) is 0. The molecule has 1 rings (SSSR count). The van der Waals surface area contributed by atoms with Crippen molar-refractivity contribution in [3.8, 4) is 5.75 Å². The van der Waals surface area contributed by atoms with E-state index < -0.39 is 12.0 Å². The van der Waals surface area contributed by atoms with E-state index in [0.717, 1.165) is 12.1 Å². The van der Waals surface area contributed by atoms with Crippen LogP contribution in [-0.2, 0) is 11.3 Å². The molecular weight excluding hydrogens is 220 g/mol. The van der Waals surface area contributed by atoms with Crippen LogP contribution in [0.4, 0.5) is 0 Å². The number of aromatic nitrogens is 1. The Morgan fingerprint density at radius 3 is 2.82 bits per heavy atom. The average molecular weight is 238 g/mol. The molecule has 1 unspecified atom stereocenters. The van der Waals surface area contributed by atoms with Crippen molar-refractivity contribution < 1.29 is 15.0 Å². The number of rotatable bonds is 6. The number of hydrogen-bond donors (Lipinski definition) is 3. The summed E-state index contributed by atoms with van der Waals surface area (Å²) in [4.78, 5) is 15.1. The number of hydrogen-bond acceptors (Lipinski definition) is 4. The molecule has 0 amide bonds. The molecule has 0 fully saturated rings. The second-order valence-electron chi connectivity index (χ2n) is 3.98. The second-order valence-corrected chi connectivity index (χ2v) is 3.98. The summed E-state index contributed by atoms with van der Waals surface area (Å²) in [5.74, 6) is -0.789. The Kier molecular flexibility index (Phi) is 4.90. The summed E-state index contributed by atoms with van der Waals surface area (Å²) in [6.07, 6.45) is 1.35. The van der Waals surface area contributed by atoms with Gasteiger partial charge in [0, 0.05) is 12.2 Å². The van der Waals surface area contributed by atoms with Crippen LogP contribution in [0.2, 0.25) is 0 Å². The van der Waals surface area contributed by atoms with Gasteiger partial charge in [-0.1, -0.05) is 13.3 Å². The van der Waals surface area contributed by atoms with Crippen molar-refractivity contribution in [1.29, 1.82) is 0 Å². The highest BCUT2D eigenvalue weighted by Crippen LogP contribution is 2.14. The van der Waals surface area contributed by atoms with Gasteiger partial charge in [-0.2, -0.15) is 0 Å². The molecule has 3 N–H and O–H groups in total. The third kappa shape index (κ3) is 4.03. The van der Waals surface area contributed by atoms with Crippen LogP contribution < -0.4 is 5.32 Å². The highest BCUT2D eigenvalue weighted by atomic mass is 16.4. The molecule has 0 aliphatic heterocycles. The predicted molar refractivity (Wildman–Crippen MR) is 63.8 cm³/mol. The van der Waals surface area contributed by atoms with E-state index in [2.05, 4.69) is 10.3 Å². The van der Waals surface area contributed by atoms with Crippen molar-refractivity contribution in [1.82, 2.24) is 10.3 Å². The molecule has 5 heteroatoms. The first-order valence-electron chi connectivity index (χ1n) is 5.66. The lowest BCUT2D eigenvalue weighted by Crippen LogP contribution is -2.36. The van der Waals surface area contributed by atoms with E-state index in [-0.39, 0.29) is 12.3 Å². The first-order chi connectivity index (χ1) is 8.04. The fraction of sp³-hybridized carbons (Fsp3) is 0.500. The lowest BCUT2D eigenvalue weighted by atomic mass is 10.1. The summed E-state index contributed by atoms with van der Waals surface area (Å²) in [5.41, 5.74) is 1.27. The van der Waals surface area contributed by atoms with Gasteiger partial charge in [0.15, 0.2) is 0 Å². The fourth-order valence-corrected chi connectivity index (χ4v) is 1.55. The summed E-state index contributed by atoms with van der Waals surface area (Å²) in [6.45, 7) is 4.01. The summed E-state index contributed by atoms with van der Waals surface area (Å²) < 4.78 is 0. The van der Waals surface area contributed by atoms with Crippen molar-refractivity contribution in [2.75, 3.05) is 0 Å². The number of carbonyl (C=O) groups is 1. The lowest BCUT2D eigenvalue weighted by molar-refractivity contribution is -0.139. The van der Waals surface area contributed by atoms with Crippen LogP contribution in [0.25, 0.3) is 0 Å². The first-order valence-corrected chi connectivity index (χ1v) is 5.66. The van der Waals surface area contributed by atoms with E-state index in [1.54, 1.807) is 12.1 Å². The molecule has 0 saturated carbocycles. The minimum Gasteiger partial charge on any atom is -0.506 e. The van der Waals surface area contributed by atoms with Crippen LogP contribution in [0.15, 0.2) is 12.1 Å². The molecular formula is C12H18N2O3. The number of carboxylic acids is 1. The molecule has 1 heterocycles. The highest BCUT2D eigenvalue weighted by molar-refractivity contribution is 5.73. The Labute approximate surface area is 101 Å². The molecule has 0 aliphatic carbocycles. The van der Waals surface area contributed by atoms with E-state index >= 15 is 0 Å². The van der Waals surface area contributed by atoms with Gasteiger partial charge in [-0.15, -0.1) is 0 Å². The number of nitrogens with one attached hydrogen (secondary N) is 1.